The summed E-state index contributed by atoms with van der Waals surface area (Å²) in [6.07, 6.45) is 0. The fraction of sp³-hybridized carbons (Fsp3) is 0.235. The highest BCUT2D eigenvalue weighted by Crippen LogP contribution is 2.21. The van der Waals surface area contributed by atoms with E-state index in [-0.39, 0.29) is 29.7 Å². The summed E-state index contributed by atoms with van der Waals surface area (Å²) in [6, 6.07) is 7.12. The normalized spacial score (nSPS) is 10.8. The molecule has 1 aromatic carbocycles. The number of rotatable bonds is 6. The summed E-state index contributed by atoms with van der Waals surface area (Å²) < 4.78 is 12.2. The second-order valence-electron chi connectivity index (χ2n) is 5.27. The van der Waals surface area contributed by atoms with Crippen LogP contribution in [-0.2, 0) is 6.54 Å². The molecule has 0 amide bonds. The Morgan fingerprint density at radius 3 is 2.60 bits per heavy atom. The number of aromatic carboxylic acids is 1. The number of aromatic nitrogens is 2. The van der Waals surface area contributed by atoms with E-state index in [1.54, 1.807) is 38.3 Å². The second kappa shape index (κ2) is 6.94. The van der Waals surface area contributed by atoms with Crippen LogP contribution in [0, 0.1) is 6.92 Å². The van der Waals surface area contributed by atoms with Crippen LogP contribution in [0.25, 0.3) is 10.2 Å². The first-order chi connectivity index (χ1) is 12.0. The average molecular weight is 360 g/mol. The molecule has 3 aromatic rings. The van der Waals surface area contributed by atoms with Crippen molar-refractivity contribution in [3.05, 3.63) is 51.4 Å². The minimum absolute atomic E-state index is 0.0117. The number of nitrogens with zero attached hydrogens (tertiary/aromatic N) is 2. The van der Waals surface area contributed by atoms with Crippen molar-refractivity contribution in [2.75, 3.05) is 13.7 Å². The highest BCUT2D eigenvalue weighted by molar-refractivity contribution is 7.17. The Bertz CT molecular complexity index is 975. The first-order valence-corrected chi connectivity index (χ1v) is 8.38. The molecule has 130 valence electrons. The summed E-state index contributed by atoms with van der Waals surface area (Å²) in [7, 11) is 1.59. The number of ether oxygens (including phenoxy) is 2. The maximum atomic E-state index is 12.7. The van der Waals surface area contributed by atoms with Gasteiger partial charge in [-0.15, -0.1) is 11.3 Å². The zero-order valence-corrected chi connectivity index (χ0v) is 14.5. The lowest BCUT2D eigenvalue weighted by Gasteiger charge is -2.11. The minimum atomic E-state index is -1.13. The van der Waals surface area contributed by atoms with E-state index in [2.05, 4.69) is 4.98 Å². The molecular formula is C17H16N2O5S. The van der Waals surface area contributed by atoms with Crippen LogP contribution in [0.3, 0.4) is 0 Å². The van der Waals surface area contributed by atoms with Crippen molar-refractivity contribution in [2.45, 2.75) is 13.5 Å². The molecule has 2 heterocycles. The van der Waals surface area contributed by atoms with Crippen molar-refractivity contribution in [3.63, 3.8) is 0 Å². The van der Waals surface area contributed by atoms with Crippen LogP contribution >= 0.6 is 11.3 Å². The molecule has 0 aliphatic rings. The van der Waals surface area contributed by atoms with Crippen LogP contribution < -0.4 is 15.0 Å². The standard InChI is InChI=1S/C17H16N2O5S/c1-10-18-15-14(13(9-25-15)17(21)22)16(20)19(10)7-8-24-12-5-3-11(23-2)4-6-12/h3-6,9H,7-8H2,1-2H3,(H,21,22). The molecule has 1 N–H and O–H groups in total. The van der Waals surface area contributed by atoms with E-state index in [1.807, 2.05) is 0 Å². The molecule has 3 rings (SSSR count). The van der Waals surface area contributed by atoms with Gasteiger partial charge < -0.3 is 14.6 Å². The average Bonchev–Trinajstić information content (AvgIpc) is 3.02. The lowest BCUT2D eigenvalue weighted by molar-refractivity contribution is 0.0699. The maximum Gasteiger partial charge on any atom is 0.337 e. The summed E-state index contributed by atoms with van der Waals surface area (Å²) >= 11 is 1.16. The Kier molecular flexibility index (Phi) is 4.71. The Morgan fingerprint density at radius 1 is 1.28 bits per heavy atom. The van der Waals surface area contributed by atoms with Crippen molar-refractivity contribution in [1.29, 1.82) is 0 Å². The number of methoxy groups -OCH3 is 1. The summed E-state index contributed by atoms with van der Waals surface area (Å²) in [6.45, 7) is 2.25. The second-order valence-corrected chi connectivity index (χ2v) is 6.13. The third-order valence-electron chi connectivity index (χ3n) is 3.76. The first-order valence-electron chi connectivity index (χ1n) is 7.50. The van der Waals surface area contributed by atoms with Crippen LogP contribution in [0.2, 0.25) is 0 Å². The predicted molar refractivity (Wildman–Crippen MR) is 94.1 cm³/mol. The van der Waals surface area contributed by atoms with Crippen molar-refractivity contribution in [2.24, 2.45) is 0 Å². The van der Waals surface area contributed by atoms with Crippen LogP contribution in [-0.4, -0.2) is 34.3 Å². The van der Waals surface area contributed by atoms with E-state index in [0.29, 0.717) is 16.4 Å². The van der Waals surface area contributed by atoms with Crippen LogP contribution in [0.15, 0.2) is 34.4 Å². The maximum absolute atomic E-state index is 12.7. The Hall–Kier alpha value is -2.87. The number of carboxylic acids is 1. The van der Waals surface area contributed by atoms with Crippen LogP contribution in [0.5, 0.6) is 11.5 Å². The Morgan fingerprint density at radius 2 is 1.96 bits per heavy atom. The third kappa shape index (κ3) is 3.34. The number of benzene rings is 1. The minimum Gasteiger partial charge on any atom is -0.497 e. The summed E-state index contributed by atoms with van der Waals surface area (Å²) in [5.41, 5.74) is -0.373. The summed E-state index contributed by atoms with van der Waals surface area (Å²) in [5, 5.41) is 10.8. The van der Waals surface area contributed by atoms with Gasteiger partial charge in [0.05, 0.1) is 24.6 Å². The van der Waals surface area contributed by atoms with Crippen molar-refractivity contribution in [1.82, 2.24) is 9.55 Å². The fourth-order valence-electron chi connectivity index (χ4n) is 2.47. The number of hydrogen-bond acceptors (Lipinski definition) is 6. The highest BCUT2D eigenvalue weighted by Gasteiger charge is 2.18. The van der Waals surface area contributed by atoms with Crippen LogP contribution in [0.4, 0.5) is 0 Å². The van der Waals surface area contributed by atoms with Crippen molar-refractivity contribution < 1.29 is 19.4 Å². The van der Waals surface area contributed by atoms with Crippen molar-refractivity contribution in [3.8, 4) is 11.5 Å². The molecule has 0 aliphatic carbocycles. The lowest BCUT2D eigenvalue weighted by Crippen LogP contribution is -2.27. The van der Waals surface area contributed by atoms with Gasteiger partial charge in [-0.3, -0.25) is 9.36 Å². The number of fused-ring (bicyclic) bond motifs is 1. The van der Waals surface area contributed by atoms with Gasteiger partial charge in [0.2, 0.25) is 0 Å². The molecule has 25 heavy (non-hydrogen) atoms. The van der Waals surface area contributed by atoms with Gasteiger partial charge in [-0.25, -0.2) is 9.78 Å². The molecule has 0 saturated heterocycles. The highest BCUT2D eigenvalue weighted by atomic mass is 32.1. The molecule has 2 aromatic heterocycles. The van der Waals surface area contributed by atoms with E-state index in [1.165, 1.54) is 9.95 Å². The largest absolute Gasteiger partial charge is 0.497 e. The molecular weight excluding hydrogens is 344 g/mol. The van der Waals surface area contributed by atoms with Gasteiger partial charge in [0.1, 0.15) is 28.8 Å². The van der Waals surface area contributed by atoms with Gasteiger partial charge in [0, 0.05) is 5.38 Å². The topological polar surface area (TPSA) is 90.7 Å². The number of carboxylic acid groups (broad SMARTS) is 1. The SMILES string of the molecule is COc1ccc(OCCn2c(C)nc3scc(C(=O)O)c3c2=O)cc1. The number of hydrogen-bond donors (Lipinski definition) is 1. The predicted octanol–water partition coefficient (Wildman–Crippen LogP) is 2.55. The van der Waals surface area contributed by atoms with Gasteiger partial charge >= 0.3 is 5.97 Å². The molecule has 0 radical (unpaired) electrons. The smallest absolute Gasteiger partial charge is 0.337 e. The van der Waals surface area contributed by atoms with Gasteiger partial charge in [-0.2, -0.15) is 0 Å². The van der Waals surface area contributed by atoms with Crippen molar-refractivity contribution >= 4 is 27.5 Å². The Balaban J connectivity index is 1.82. The molecule has 0 unspecified atom stereocenters. The molecule has 7 nitrogen and oxygen atoms in total. The van der Waals surface area contributed by atoms with Gasteiger partial charge in [0.25, 0.3) is 5.56 Å². The molecule has 8 heteroatoms. The van der Waals surface area contributed by atoms with E-state index < -0.39 is 5.97 Å². The summed E-state index contributed by atoms with van der Waals surface area (Å²) in [5.74, 6) is 0.777. The van der Waals surface area contributed by atoms with Gasteiger partial charge in [0.15, 0.2) is 0 Å². The first kappa shape index (κ1) is 17.0. The van der Waals surface area contributed by atoms with E-state index in [0.717, 1.165) is 17.1 Å². The molecule has 0 aliphatic heterocycles. The van der Waals surface area contributed by atoms with E-state index >= 15 is 0 Å². The van der Waals surface area contributed by atoms with Gasteiger partial charge in [-0.05, 0) is 31.2 Å². The van der Waals surface area contributed by atoms with Crippen LogP contribution in [0.1, 0.15) is 16.2 Å². The zero-order chi connectivity index (χ0) is 18.0. The van der Waals surface area contributed by atoms with E-state index in [4.69, 9.17) is 9.47 Å². The van der Waals surface area contributed by atoms with Gasteiger partial charge in [-0.1, -0.05) is 0 Å². The fourth-order valence-corrected chi connectivity index (χ4v) is 3.42. The molecule has 0 saturated carbocycles. The number of carbonyl (C=O) groups is 1. The molecule has 0 spiro atoms. The third-order valence-corrected chi connectivity index (χ3v) is 4.63. The monoisotopic (exact) mass is 360 g/mol. The lowest BCUT2D eigenvalue weighted by atomic mass is 10.2. The zero-order valence-electron chi connectivity index (χ0n) is 13.7. The number of aryl methyl sites for hydroxylation is 1. The quantitative estimate of drug-likeness (QED) is 0.726. The molecule has 0 atom stereocenters. The molecule has 0 fully saturated rings. The number of thiophene rings is 1. The van der Waals surface area contributed by atoms with E-state index in [9.17, 15) is 14.7 Å². The summed E-state index contributed by atoms with van der Waals surface area (Å²) in [4.78, 5) is 28.7. The Labute approximate surface area is 147 Å². The molecule has 0 bridgehead atoms.